The molecule has 0 radical (unpaired) electrons. The van der Waals surface area contributed by atoms with Crippen LogP contribution in [0.3, 0.4) is 0 Å². The number of likely N-dealkylation sites (N-methyl/N-ethyl adjacent to an activating group) is 1. The molecule has 36 valence electrons. The summed E-state index contributed by atoms with van der Waals surface area (Å²) in [5.74, 6) is 0. The highest BCUT2D eigenvalue weighted by atomic mass is 16.1. The van der Waals surface area contributed by atoms with E-state index in [4.69, 9.17) is 2.74 Å². The van der Waals surface area contributed by atoms with Crippen LogP contribution in [-0.2, 0) is 4.79 Å². The molecular formula is C4H9NO. The van der Waals surface area contributed by atoms with Gasteiger partial charge in [0.05, 0.1) is 7.89 Å². The number of aldehydes is 1. The zero-order valence-electron chi connectivity index (χ0n) is 5.93. The van der Waals surface area contributed by atoms with Crippen molar-refractivity contribution in [3.05, 3.63) is 0 Å². The lowest BCUT2D eigenvalue weighted by molar-refractivity contribution is -0.108. The number of hydrogen-bond donors (Lipinski definition) is 0. The van der Waals surface area contributed by atoms with Crippen LogP contribution in [0.25, 0.3) is 0 Å². The van der Waals surface area contributed by atoms with Crippen molar-refractivity contribution >= 4 is 6.26 Å². The van der Waals surface area contributed by atoms with Gasteiger partial charge in [0.2, 0.25) is 0 Å². The minimum atomic E-state index is -1.02. The average Bonchev–Trinajstić information content (AvgIpc) is 1.64. The number of carbonyl (C=O) groups excluding carboxylic acids is 1. The Bertz CT molecular complexity index is 94.0. The van der Waals surface area contributed by atoms with Crippen LogP contribution in [0.4, 0.5) is 0 Å². The molecule has 1 atom stereocenters. The molecule has 0 fully saturated rings. The van der Waals surface area contributed by atoms with E-state index in [1.165, 1.54) is 4.90 Å². The fourth-order valence-corrected chi connectivity index (χ4v) is 0.105. The monoisotopic (exact) mass is 89.1 g/mol. The molecule has 1 unspecified atom stereocenters. The van der Waals surface area contributed by atoms with Crippen LogP contribution in [0, 0.1) is 0 Å². The summed E-state index contributed by atoms with van der Waals surface area (Å²) in [7, 11) is 3.17. The van der Waals surface area contributed by atoms with Crippen LogP contribution in [0.15, 0.2) is 0 Å². The van der Waals surface area contributed by atoms with Crippen molar-refractivity contribution in [3.8, 4) is 0 Å². The zero-order chi connectivity index (χ0) is 6.73. The van der Waals surface area contributed by atoms with Crippen molar-refractivity contribution in [1.29, 1.82) is 0 Å². The molecule has 0 aromatic rings. The van der Waals surface area contributed by atoms with E-state index in [-0.39, 0.29) is 0 Å². The molecular weight excluding hydrogens is 78.0 g/mol. The highest BCUT2D eigenvalue weighted by molar-refractivity contribution is 5.51. The van der Waals surface area contributed by atoms with Crippen molar-refractivity contribution in [3.63, 3.8) is 0 Å². The minimum absolute atomic E-state index is 0.866. The van der Waals surface area contributed by atoms with Crippen molar-refractivity contribution in [2.75, 3.05) is 20.6 Å². The Labute approximate surface area is 40.6 Å². The maximum atomic E-state index is 10.0. The Morgan fingerprint density at radius 2 is 2.67 bits per heavy atom. The highest BCUT2D eigenvalue weighted by Crippen LogP contribution is 1.62. The molecule has 0 aromatic heterocycles. The molecule has 2 nitrogen and oxygen atoms in total. The van der Waals surface area contributed by atoms with Crippen LogP contribution < -0.4 is 0 Å². The summed E-state index contributed by atoms with van der Waals surface area (Å²) in [6.45, 7) is -1.02. The predicted molar refractivity (Wildman–Crippen MR) is 24.6 cm³/mol. The van der Waals surface area contributed by atoms with Gasteiger partial charge in [0.15, 0.2) is 0 Å². The molecule has 0 spiro atoms. The van der Waals surface area contributed by atoms with Gasteiger partial charge < -0.3 is 9.69 Å². The first-order valence-electron chi connectivity index (χ1n) is 2.72. The Morgan fingerprint density at radius 3 is 2.67 bits per heavy atom. The molecule has 0 N–H and O–H groups in total. The SMILES string of the molecule is [2H]C(=O)C([2H])N(C)C. The van der Waals surface area contributed by atoms with Gasteiger partial charge in [0, 0.05) is 0 Å². The highest BCUT2D eigenvalue weighted by Gasteiger charge is 1.79. The lowest BCUT2D eigenvalue weighted by atomic mass is 10.7. The summed E-state index contributed by atoms with van der Waals surface area (Å²) in [6.07, 6.45) is -0.866. The van der Waals surface area contributed by atoms with Gasteiger partial charge in [-0.05, 0) is 14.1 Å². The molecule has 0 amide bonds. The zero-order valence-corrected chi connectivity index (χ0v) is 3.93. The van der Waals surface area contributed by atoms with Crippen LogP contribution in [0.2, 0.25) is 0 Å². The Hall–Kier alpha value is -0.370. The van der Waals surface area contributed by atoms with Gasteiger partial charge in [-0.25, -0.2) is 0 Å². The first-order valence-corrected chi connectivity index (χ1v) is 1.65. The van der Waals surface area contributed by atoms with Crippen molar-refractivity contribution in [1.82, 2.24) is 4.90 Å². The lowest BCUT2D eigenvalue weighted by Crippen LogP contribution is -2.13. The fraction of sp³-hybridized carbons (Fsp3) is 0.750. The molecule has 0 aliphatic carbocycles. The number of rotatable bonds is 2. The van der Waals surface area contributed by atoms with Gasteiger partial charge >= 0.3 is 0 Å². The van der Waals surface area contributed by atoms with Crippen LogP contribution in [0.1, 0.15) is 2.74 Å². The average molecular weight is 89.1 g/mol. The second-order valence-corrected chi connectivity index (χ2v) is 1.21. The van der Waals surface area contributed by atoms with E-state index < -0.39 is 12.8 Å². The predicted octanol–water partition coefficient (Wildman–Crippen LogP) is -0.253. The van der Waals surface area contributed by atoms with Gasteiger partial charge in [0.1, 0.15) is 7.63 Å². The summed E-state index contributed by atoms with van der Waals surface area (Å²) in [4.78, 5) is 11.4. The van der Waals surface area contributed by atoms with Crippen molar-refractivity contribution < 1.29 is 7.54 Å². The smallest absolute Gasteiger partial charge is 0.133 e. The molecule has 0 aromatic carbocycles. The summed E-state index contributed by atoms with van der Waals surface area (Å²) >= 11 is 0. The quantitative estimate of drug-likeness (QED) is 0.435. The molecule has 0 saturated carbocycles. The number of hydrogen-bond acceptors (Lipinski definition) is 2. The Kier molecular flexibility index (Phi) is 1.30. The van der Waals surface area contributed by atoms with Gasteiger partial charge in [-0.3, -0.25) is 0 Å². The topological polar surface area (TPSA) is 20.3 Å². The largest absolute Gasteiger partial charge is 0.303 e. The third-order valence-electron chi connectivity index (χ3n) is 0.311. The van der Waals surface area contributed by atoms with Gasteiger partial charge in [-0.15, -0.1) is 0 Å². The van der Waals surface area contributed by atoms with Crippen molar-refractivity contribution in [2.24, 2.45) is 0 Å². The Balaban J connectivity index is 3.64. The van der Waals surface area contributed by atoms with E-state index in [0.717, 1.165) is 0 Å². The molecule has 0 bridgehead atoms. The standard InChI is InChI=1S/C4H9NO/c1-5(2)3-4-6/h4H,3H2,1-2H3/i3D,4D. The molecule has 0 saturated heterocycles. The third kappa shape index (κ3) is 3.63. The summed E-state index contributed by atoms with van der Waals surface area (Å²) in [5.41, 5.74) is 0. The summed E-state index contributed by atoms with van der Waals surface area (Å²) < 4.78 is 13.3. The molecule has 0 rings (SSSR count). The summed E-state index contributed by atoms with van der Waals surface area (Å²) in [6, 6.07) is 0. The van der Waals surface area contributed by atoms with E-state index in [1.807, 2.05) is 0 Å². The molecule has 0 heterocycles. The third-order valence-corrected chi connectivity index (χ3v) is 0.311. The Morgan fingerprint density at radius 1 is 2.17 bits per heavy atom. The van der Waals surface area contributed by atoms with Crippen LogP contribution in [0.5, 0.6) is 0 Å². The molecule has 6 heavy (non-hydrogen) atoms. The number of nitrogens with zero attached hydrogens (tertiary/aromatic N) is 1. The normalized spacial score (nSPS) is 19.2. The van der Waals surface area contributed by atoms with E-state index in [1.54, 1.807) is 14.1 Å². The van der Waals surface area contributed by atoms with Crippen molar-refractivity contribution in [2.45, 2.75) is 0 Å². The van der Waals surface area contributed by atoms with E-state index in [9.17, 15) is 4.79 Å². The maximum Gasteiger partial charge on any atom is 0.133 e. The van der Waals surface area contributed by atoms with E-state index in [2.05, 4.69) is 0 Å². The molecule has 0 aliphatic heterocycles. The molecule has 2 heteroatoms. The first kappa shape index (κ1) is 2.75. The number of carbonyl (C=O) groups is 1. The van der Waals surface area contributed by atoms with E-state index >= 15 is 0 Å². The van der Waals surface area contributed by atoms with Crippen LogP contribution >= 0.6 is 0 Å². The minimum Gasteiger partial charge on any atom is -0.303 e. The summed E-state index contributed by atoms with van der Waals surface area (Å²) in [5, 5.41) is 0. The first-order chi connectivity index (χ1) is 3.55. The lowest BCUT2D eigenvalue weighted by Gasteiger charge is -1.99. The van der Waals surface area contributed by atoms with Gasteiger partial charge in [-0.1, -0.05) is 0 Å². The van der Waals surface area contributed by atoms with E-state index in [0.29, 0.717) is 0 Å². The van der Waals surface area contributed by atoms with Gasteiger partial charge in [0.25, 0.3) is 0 Å². The molecule has 0 aliphatic rings. The fourth-order valence-electron chi connectivity index (χ4n) is 0.105. The van der Waals surface area contributed by atoms with Gasteiger partial charge in [-0.2, -0.15) is 0 Å². The second kappa shape index (κ2) is 2.85. The maximum absolute atomic E-state index is 10.0. The van der Waals surface area contributed by atoms with Crippen LogP contribution in [-0.4, -0.2) is 31.8 Å². The second-order valence-electron chi connectivity index (χ2n) is 1.21.